The summed E-state index contributed by atoms with van der Waals surface area (Å²) in [5.41, 5.74) is 35.5. The predicted octanol–water partition coefficient (Wildman–Crippen LogP) is -4.95. The molecule has 15 atom stereocenters. The van der Waals surface area contributed by atoms with Crippen molar-refractivity contribution in [1.82, 2.24) is 74.1 Å². The van der Waals surface area contributed by atoms with Gasteiger partial charge in [-0.15, -0.1) is 0 Å². The number of aromatic amines is 1. The second kappa shape index (κ2) is 50.6. The van der Waals surface area contributed by atoms with Gasteiger partial charge < -0.3 is 119 Å². The van der Waals surface area contributed by atoms with Crippen LogP contribution in [0.25, 0.3) is 10.9 Å². The summed E-state index contributed by atoms with van der Waals surface area (Å²) in [7, 11) is 0. The molecule has 3 aromatic carbocycles. The Morgan fingerprint density at radius 2 is 0.808 bits per heavy atom. The summed E-state index contributed by atoms with van der Waals surface area (Å²) < 4.78 is 0. The van der Waals surface area contributed by atoms with Crippen LogP contribution in [0.15, 0.2) is 91.1 Å². The zero-order valence-electron chi connectivity index (χ0n) is 68.4. The quantitative estimate of drug-likeness (QED) is 0.0184. The zero-order chi connectivity index (χ0) is 89.6. The average Bonchev–Trinajstić information content (AvgIpc) is 1.59. The van der Waals surface area contributed by atoms with Crippen molar-refractivity contribution < 1.29 is 96.5 Å². The van der Waals surface area contributed by atoms with Crippen LogP contribution in [-0.4, -0.2) is 231 Å². The normalized spacial score (nSPS) is 14.9. The number of unbranched alkanes of at least 4 members (excludes halogenated alkanes) is 1. The van der Waals surface area contributed by atoms with Crippen molar-refractivity contribution in [2.24, 2.45) is 52.2 Å². The molecule has 120 heavy (non-hydrogen) atoms. The van der Waals surface area contributed by atoms with Crippen LogP contribution in [0.1, 0.15) is 129 Å². The number of para-hydroxylation sites is 1. The van der Waals surface area contributed by atoms with E-state index in [1.54, 1.807) is 139 Å². The van der Waals surface area contributed by atoms with E-state index in [-0.39, 0.29) is 63.7 Å². The van der Waals surface area contributed by atoms with Crippen LogP contribution < -0.4 is 104 Å². The highest BCUT2D eigenvalue weighted by Crippen LogP contribution is 2.21. The molecule has 1 heterocycles. The number of carboxylic acids is 1. The van der Waals surface area contributed by atoms with E-state index in [0.717, 1.165) is 6.92 Å². The Morgan fingerprint density at radius 3 is 1.27 bits per heavy atom. The molecule has 658 valence electrons. The molecule has 28 N–H and O–H groups in total. The molecule has 0 aliphatic heterocycles. The molecule has 0 saturated carbocycles. The first kappa shape index (κ1) is 100. The van der Waals surface area contributed by atoms with Gasteiger partial charge in [-0.25, -0.2) is 0 Å². The first-order valence-corrected chi connectivity index (χ1v) is 40.6. The summed E-state index contributed by atoms with van der Waals surface area (Å²) in [5, 5.41) is 53.8. The van der Waals surface area contributed by atoms with Gasteiger partial charge in [-0.3, -0.25) is 86.3 Å². The fraction of sp³-hybridized carbons (Fsp3) is 0.519. The number of H-pyrrole nitrogens is 1. The van der Waals surface area contributed by atoms with Crippen molar-refractivity contribution in [2.45, 2.75) is 217 Å². The summed E-state index contributed by atoms with van der Waals surface area (Å²) in [6.07, 6.45) is -2.39. The summed E-state index contributed by atoms with van der Waals surface area (Å²) in [6, 6.07) is 2.47. The first-order valence-electron chi connectivity index (χ1n) is 39.2. The zero-order valence-corrected chi connectivity index (χ0v) is 69.2. The lowest BCUT2D eigenvalue weighted by molar-refractivity contribution is -0.142. The largest absolute Gasteiger partial charge is 0.481 e. The molecule has 0 fully saturated rings. The SMILES string of the molecule is CC[C@H](C)[C@H](NC(=O)[C@H](CCSC)NC(=O)[C@H](Cc1c[nH]c2ccccc12)NC(=O)[C@H](CCCCN)NC(=O)[C@H](Cc1ccccc1)NC(=O)[C@H](CC(C)C)NC(=O)[C@@H](NC(=O)[C@H](CC(N)=O)NC(=O)[C@H](CC(=O)O)NC(=O)[C@H](CC(N)=O)NC(=O)[C@@H](N)C(C)C)[C@@H](C)O)C(=O)N[C@@H](Cc1ccccc1)C(=O)N[C@@H](CC(N)=O)C(=O)NCC(N)=O. The van der Waals surface area contributed by atoms with E-state index < -0.39 is 241 Å². The number of aliphatic hydroxyl groups excluding tert-OH is 1. The van der Waals surface area contributed by atoms with Crippen LogP contribution in [0.5, 0.6) is 0 Å². The number of nitrogens with two attached hydrogens (primary N) is 6. The Hall–Kier alpha value is -12.1. The molecule has 0 aliphatic carbocycles. The molecule has 0 spiro atoms. The van der Waals surface area contributed by atoms with E-state index >= 15 is 14.4 Å². The number of primary amides is 4. The third-order valence-corrected chi connectivity index (χ3v) is 19.8. The Kier molecular flexibility index (Phi) is 42.3. The van der Waals surface area contributed by atoms with Gasteiger partial charge in [0, 0.05) is 36.4 Å². The van der Waals surface area contributed by atoms with Crippen LogP contribution >= 0.6 is 11.8 Å². The van der Waals surface area contributed by atoms with Crippen molar-refractivity contribution in [2.75, 3.05) is 25.1 Å². The van der Waals surface area contributed by atoms with Gasteiger partial charge in [-0.2, -0.15) is 11.8 Å². The Morgan fingerprint density at radius 1 is 0.425 bits per heavy atom. The van der Waals surface area contributed by atoms with E-state index in [2.05, 4.69) is 74.1 Å². The number of aliphatic carboxylic acids is 1. The van der Waals surface area contributed by atoms with E-state index in [1.807, 2.05) is 0 Å². The molecule has 0 unspecified atom stereocenters. The average molecular weight is 1700 g/mol. The standard InChI is InChI=1S/C79H116N20O20S/c1-9-42(6)65(78(118)97-53(32-45-22-14-11-15-23-45)72(112)92-55(34-59(81)101)67(107)87-39-62(84)104)98-69(109)50(27-29-120-8)89-73(113)54(33-46-38-86-48-25-17-16-24-47(46)48)91-68(108)49(26-18-19-28-80)88-71(111)52(31-44-20-12-10-13-21-44)90-70(110)51(30-40(2)3)96-79(119)66(43(7)100)99-76(116)57(36-61(83)103)93-75(115)58(37-63(105)106)94-74(114)56(35-60(82)102)95-77(117)64(85)41(4)5/h10-17,20-25,38,40-43,49-58,64-66,86,100H,9,18-19,26-37,39,80,85H2,1-8H3,(H2,81,101)(H2,82,102)(H2,83,103)(H2,84,104)(H,87,107)(H,88,111)(H,89,113)(H,90,110)(H,91,108)(H,92,112)(H,93,115)(H,94,114)(H,95,117)(H,96,119)(H,97,118)(H,98,109)(H,99,116)(H,105,106)/t42-,43+,49-,50-,51-,52-,53-,54-,55-,56-,57-,58-,64-,65-,66-/m0/s1. The van der Waals surface area contributed by atoms with Crippen molar-refractivity contribution in [3.63, 3.8) is 0 Å². The number of amides is 17. The smallest absolute Gasteiger partial charge is 0.305 e. The van der Waals surface area contributed by atoms with Gasteiger partial charge in [0.1, 0.15) is 72.5 Å². The van der Waals surface area contributed by atoms with E-state index in [0.29, 0.717) is 34.0 Å². The minimum absolute atomic E-state index is 0.0411. The molecule has 40 nitrogen and oxygen atoms in total. The number of nitrogens with one attached hydrogen (secondary N) is 14. The van der Waals surface area contributed by atoms with Crippen LogP contribution in [0.3, 0.4) is 0 Å². The van der Waals surface area contributed by atoms with Crippen molar-refractivity contribution in [3.05, 3.63) is 108 Å². The number of aromatic nitrogens is 1. The van der Waals surface area contributed by atoms with E-state index in [9.17, 15) is 82.1 Å². The molecule has 17 amide bonds. The van der Waals surface area contributed by atoms with Gasteiger partial charge in [0.15, 0.2) is 0 Å². The molecule has 0 aliphatic rings. The fourth-order valence-electron chi connectivity index (χ4n) is 12.3. The summed E-state index contributed by atoms with van der Waals surface area (Å²) in [6.45, 7) is 10.5. The summed E-state index contributed by atoms with van der Waals surface area (Å²) in [4.78, 5) is 250. The number of carbonyl (C=O) groups is 18. The van der Waals surface area contributed by atoms with Gasteiger partial charge in [-0.05, 0) is 98.1 Å². The maximum Gasteiger partial charge on any atom is 0.305 e. The molecular weight excluding hydrogens is 1580 g/mol. The van der Waals surface area contributed by atoms with Crippen LogP contribution in [0.4, 0.5) is 0 Å². The molecule has 1 aromatic heterocycles. The predicted molar refractivity (Wildman–Crippen MR) is 441 cm³/mol. The van der Waals surface area contributed by atoms with Crippen molar-refractivity contribution >= 4 is 129 Å². The van der Waals surface area contributed by atoms with E-state index in [4.69, 9.17) is 34.4 Å². The first-order chi connectivity index (χ1) is 56.7. The number of thioether (sulfide) groups is 1. The molecule has 0 bridgehead atoms. The Bertz CT molecular complexity index is 4210. The topological polar surface area (TPSA) is 676 Å². The molecule has 0 saturated heterocycles. The Labute approximate surface area is 698 Å². The number of benzene rings is 3. The van der Waals surface area contributed by atoms with Gasteiger partial charge in [0.25, 0.3) is 0 Å². The van der Waals surface area contributed by atoms with Gasteiger partial charge >= 0.3 is 5.97 Å². The lowest BCUT2D eigenvalue weighted by atomic mass is 9.96. The second-order valence-electron chi connectivity index (χ2n) is 29.9. The second-order valence-corrected chi connectivity index (χ2v) is 30.9. The monoisotopic (exact) mass is 1700 g/mol. The minimum Gasteiger partial charge on any atom is -0.481 e. The lowest BCUT2D eigenvalue weighted by Gasteiger charge is -2.30. The highest BCUT2D eigenvalue weighted by molar-refractivity contribution is 7.98. The molecule has 41 heteroatoms. The molecule has 4 aromatic rings. The number of rotatable bonds is 54. The number of carbonyl (C=O) groups excluding carboxylic acids is 17. The van der Waals surface area contributed by atoms with Crippen molar-refractivity contribution in [3.8, 4) is 0 Å². The minimum atomic E-state index is -2.10. The number of hydrogen-bond donors (Lipinski definition) is 22. The third kappa shape index (κ3) is 34.5. The van der Waals surface area contributed by atoms with E-state index in [1.165, 1.54) is 11.8 Å². The highest BCUT2D eigenvalue weighted by atomic mass is 32.2. The van der Waals surface area contributed by atoms with Gasteiger partial charge in [0.05, 0.1) is 44.4 Å². The molecular formula is C79H116N20O20S. The fourth-order valence-corrected chi connectivity index (χ4v) is 12.8. The molecule has 4 rings (SSSR count). The highest BCUT2D eigenvalue weighted by Gasteiger charge is 2.40. The number of carboxylic acid groups (broad SMARTS) is 1. The van der Waals surface area contributed by atoms with Crippen LogP contribution in [-0.2, 0) is 106 Å². The van der Waals surface area contributed by atoms with Crippen LogP contribution in [0, 0.1) is 17.8 Å². The lowest BCUT2D eigenvalue weighted by Crippen LogP contribution is -2.62. The number of aliphatic hydroxyl groups is 1. The van der Waals surface area contributed by atoms with Crippen LogP contribution in [0.2, 0.25) is 0 Å². The van der Waals surface area contributed by atoms with Crippen molar-refractivity contribution in [1.29, 1.82) is 0 Å². The molecule has 0 radical (unpaired) electrons. The Balaban J connectivity index is 1.70. The number of fused-ring (bicyclic) bond motifs is 1. The maximum atomic E-state index is 15.2. The number of hydrogen-bond acceptors (Lipinski definition) is 22. The van der Waals surface area contributed by atoms with Gasteiger partial charge in [-0.1, -0.05) is 127 Å². The van der Waals surface area contributed by atoms with Gasteiger partial charge in [0.2, 0.25) is 100 Å². The summed E-state index contributed by atoms with van der Waals surface area (Å²) in [5.74, 6) is -20.9. The third-order valence-electron chi connectivity index (χ3n) is 19.2. The summed E-state index contributed by atoms with van der Waals surface area (Å²) >= 11 is 1.32. The maximum absolute atomic E-state index is 15.2.